The van der Waals surface area contributed by atoms with Crippen molar-refractivity contribution in [3.05, 3.63) is 42.4 Å². The number of hydrogen-bond donors (Lipinski definition) is 3. The highest BCUT2D eigenvalue weighted by molar-refractivity contribution is 5.48. The summed E-state index contributed by atoms with van der Waals surface area (Å²) in [6, 6.07) is 7.57. The van der Waals surface area contributed by atoms with Crippen molar-refractivity contribution in [2.45, 2.75) is 75.9 Å². The van der Waals surface area contributed by atoms with E-state index < -0.39 is 0 Å². The summed E-state index contributed by atoms with van der Waals surface area (Å²) in [5.74, 6) is 0.676. The molecule has 5 rings (SSSR count). The molecule has 1 saturated heterocycles. The average molecular weight is 440 g/mol. The van der Waals surface area contributed by atoms with Gasteiger partial charge >= 0.3 is 0 Å². The van der Waals surface area contributed by atoms with Gasteiger partial charge in [-0.1, -0.05) is 31.7 Å². The highest BCUT2D eigenvalue weighted by Crippen LogP contribution is 2.15. The maximum Gasteiger partial charge on any atom is 0.178 e. The minimum atomic E-state index is 0.546. The minimum Gasteiger partial charge on any atom is -0.328 e. The van der Waals surface area contributed by atoms with Gasteiger partial charge in [-0.15, -0.1) is 0 Å². The second-order valence-electron chi connectivity index (χ2n) is 9.26. The van der Waals surface area contributed by atoms with Crippen molar-refractivity contribution in [3.8, 4) is 11.5 Å². The highest BCUT2D eigenvalue weighted by Gasteiger charge is 2.18. The Morgan fingerprint density at radius 2 is 1.56 bits per heavy atom. The Labute approximate surface area is 193 Å². The number of nitrogens with two attached hydrogens (primary N) is 2. The number of likely N-dealkylation sites (N-methyl/N-ethyl adjacent to an activating group) is 1. The van der Waals surface area contributed by atoms with Crippen LogP contribution in [0, 0.1) is 0 Å². The molecule has 3 heterocycles. The van der Waals surface area contributed by atoms with E-state index in [1.54, 1.807) is 12.4 Å². The SMILES string of the molecule is CN1CCNCC1Cc1ccc(-c2ncccn2)nc1.NC1CCCC1.NC1CCCC1. The quantitative estimate of drug-likeness (QED) is 0.675. The second-order valence-corrected chi connectivity index (χ2v) is 9.26. The molecule has 1 atom stereocenters. The van der Waals surface area contributed by atoms with Gasteiger partial charge in [-0.2, -0.15) is 0 Å². The van der Waals surface area contributed by atoms with Crippen LogP contribution >= 0.6 is 0 Å². The number of hydrogen-bond acceptors (Lipinski definition) is 7. The van der Waals surface area contributed by atoms with Crippen molar-refractivity contribution >= 4 is 0 Å². The van der Waals surface area contributed by atoms with E-state index in [0.717, 1.165) is 31.7 Å². The summed E-state index contributed by atoms with van der Waals surface area (Å²) in [5, 5.41) is 3.44. The van der Waals surface area contributed by atoms with Crippen LogP contribution in [0.3, 0.4) is 0 Å². The van der Waals surface area contributed by atoms with Crippen LogP contribution in [-0.2, 0) is 6.42 Å². The molecule has 2 saturated carbocycles. The Morgan fingerprint density at radius 1 is 0.938 bits per heavy atom. The fourth-order valence-corrected chi connectivity index (χ4v) is 4.39. The lowest BCUT2D eigenvalue weighted by Crippen LogP contribution is -2.50. The normalized spacial score (nSPS) is 22.0. The Morgan fingerprint density at radius 3 is 2.03 bits per heavy atom. The van der Waals surface area contributed by atoms with Crippen molar-refractivity contribution in [1.82, 2.24) is 25.2 Å². The van der Waals surface area contributed by atoms with E-state index in [2.05, 4.69) is 38.3 Å². The minimum absolute atomic E-state index is 0.546. The Bertz CT molecular complexity index is 727. The van der Waals surface area contributed by atoms with E-state index in [1.807, 2.05) is 18.3 Å². The first-order chi connectivity index (χ1) is 15.6. The molecule has 2 aliphatic carbocycles. The maximum atomic E-state index is 5.53. The van der Waals surface area contributed by atoms with Gasteiger partial charge in [-0.3, -0.25) is 4.98 Å². The molecule has 0 bridgehead atoms. The van der Waals surface area contributed by atoms with Crippen LogP contribution in [0.25, 0.3) is 11.5 Å². The molecule has 3 aliphatic rings. The zero-order valence-electron chi connectivity index (χ0n) is 19.6. The van der Waals surface area contributed by atoms with Crippen LogP contribution in [0.2, 0.25) is 0 Å². The third kappa shape index (κ3) is 8.54. The summed E-state index contributed by atoms with van der Waals surface area (Å²) in [4.78, 5) is 15.3. The maximum absolute atomic E-state index is 5.53. The first kappa shape index (κ1) is 24.7. The largest absolute Gasteiger partial charge is 0.328 e. The smallest absolute Gasteiger partial charge is 0.178 e. The fourth-order valence-electron chi connectivity index (χ4n) is 4.39. The van der Waals surface area contributed by atoms with Gasteiger partial charge in [-0.25, -0.2) is 9.97 Å². The standard InChI is InChI=1S/C15H19N5.2C5H11N/c1-20-8-7-16-11-13(20)9-12-3-4-14(19-10-12)15-17-5-2-6-18-15;2*6-5-3-1-2-4-5/h2-6,10,13,16H,7-9,11H2,1H3;2*5H,1-4,6H2. The van der Waals surface area contributed by atoms with Crippen LogP contribution in [-0.4, -0.2) is 64.7 Å². The summed E-state index contributed by atoms with van der Waals surface area (Å²) in [6.07, 6.45) is 16.9. The number of piperazine rings is 1. The number of nitrogens with one attached hydrogen (secondary N) is 1. The number of rotatable bonds is 3. The van der Waals surface area contributed by atoms with E-state index in [4.69, 9.17) is 11.5 Å². The third-order valence-electron chi connectivity index (χ3n) is 6.54. The van der Waals surface area contributed by atoms with Crippen molar-refractivity contribution in [1.29, 1.82) is 0 Å². The van der Waals surface area contributed by atoms with E-state index >= 15 is 0 Å². The monoisotopic (exact) mass is 439 g/mol. The zero-order valence-corrected chi connectivity index (χ0v) is 19.6. The van der Waals surface area contributed by atoms with E-state index in [0.29, 0.717) is 23.9 Å². The number of nitrogens with zero attached hydrogens (tertiary/aromatic N) is 4. The second kappa shape index (κ2) is 13.6. The molecule has 7 nitrogen and oxygen atoms in total. The number of aromatic nitrogens is 3. The summed E-state index contributed by atoms with van der Waals surface area (Å²) in [6.45, 7) is 3.23. The molecule has 1 aliphatic heterocycles. The van der Waals surface area contributed by atoms with Crippen LogP contribution < -0.4 is 16.8 Å². The van der Waals surface area contributed by atoms with Gasteiger partial charge in [0, 0.05) is 56.4 Å². The lowest BCUT2D eigenvalue weighted by Gasteiger charge is -2.33. The molecule has 0 radical (unpaired) electrons. The molecule has 2 aromatic rings. The molecule has 7 heteroatoms. The molecular weight excluding hydrogens is 398 g/mol. The molecule has 0 spiro atoms. The lowest BCUT2D eigenvalue weighted by molar-refractivity contribution is 0.199. The average Bonchev–Trinajstić information content (AvgIpc) is 3.51. The van der Waals surface area contributed by atoms with Crippen molar-refractivity contribution in [2.75, 3.05) is 26.7 Å². The predicted octanol–water partition coefficient (Wildman–Crippen LogP) is 2.76. The summed E-state index contributed by atoms with van der Waals surface area (Å²) in [5.41, 5.74) is 13.1. The molecule has 32 heavy (non-hydrogen) atoms. The first-order valence-corrected chi connectivity index (χ1v) is 12.3. The topological polar surface area (TPSA) is 106 Å². The van der Waals surface area contributed by atoms with Gasteiger partial charge in [0.2, 0.25) is 0 Å². The Hall–Kier alpha value is -1.93. The van der Waals surface area contributed by atoms with E-state index in [9.17, 15) is 0 Å². The lowest BCUT2D eigenvalue weighted by atomic mass is 10.0. The van der Waals surface area contributed by atoms with Crippen LogP contribution in [0.15, 0.2) is 36.8 Å². The molecule has 0 amide bonds. The van der Waals surface area contributed by atoms with Gasteiger partial charge in [0.15, 0.2) is 5.82 Å². The predicted molar refractivity (Wildman–Crippen MR) is 131 cm³/mol. The summed E-state index contributed by atoms with van der Waals surface area (Å²) < 4.78 is 0. The molecule has 3 fully saturated rings. The number of pyridine rings is 1. The van der Waals surface area contributed by atoms with Gasteiger partial charge in [0.1, 0.15) is 5.69 Å². The summed E-state index contributed by atoms with van der Waals surface area (Å²) in [7, 11) is 2.19. The zero-order chi connectivity index (χ0) is 22.6. The Balaban J connectivity index is 0.000000195. The van der Waals surface area contributed by atoms with Crippen molar-refractivity contribution in [3.63, 3.8) is 0 Å². The molecule has 5 N–H and O–H groups in total. The highest BCUT2D eigenvalue weighted by atomic mass is 15.2. The third-order valence-corrected chi connectivity index (χ3v) is 6.54. The van der Waals surface area contributed by atoms with E-state index in [1.165, 1.54) is 56.9 Å². The van der Waals surface area contributed by atoms with Gasteiger partial charge in [0.25, 0.3) is 0 Å². The Kier molecular flexibility index (Phi) is 10.5. The summed E-state index contributed by atoms with van der Waals surface area (Å²) >= 11 is 0. The van der Waals surface area contributed by atoms with Crippen LogP contribution in [0.4, 0.5) is 0 Å². The van der Waals surface area contributed by atoms with Gasteiger partial charge in [-0.05, 0) is 56.8 Å². The van der Waals surface area contributed by atoms with Crippen LogP contribution in [0.5, 0.6) is 0 Å². The van der Waals surface area contributed by atoms with E-state index in [-0.39, 0.29) is 0 Å². The van der Waals surface area contributed by atoms with Crippen molar-refractivity contribution in [2.24, 2.45) is 11.5 Å². The molecule has 2 aromatic heterocycles. The van der Waals surface area contributed by atoms with Gasteiger partial charge < -0.3 is 21.7 Å². The molecule has 176 valence electrons. The fraction of sp³-hybridized carbons (Fsp3) is 0.640. The first-order valence-electron chi connectivity index (χ1n) is 12.3. The van der Waals surface area contributed by atoms with Crippen molar-refractivity contribution < 1.29 is 0 Å². The molecule has 1 unspecified atom stereocenters. The molecular formula is C25H41N7. The molecule has 0 aromatic carbocycles. The van der Waals surface area contributed by atoms with Gasteiger partial charge in [0.05, 0.1) is 0 Å². The van der Waals surface area contributed by atoms with Crippen LogP contribution in [0.1, 0.15) is 56.9 Å².